The molecule has 0 saturated carbocycles. The number of para-hydroxylation sites is 2. The van der Waals surface area contributed by atoms with Gasteiger partial charge in [-0.3, -0.25) is 0 Å². The van der Waals surface area contributed by atoms with E-state index in [1.54, 1.807) is 0 Å². The van der Waals surface area contributed by atoms with Crippen molar-refractivity contribution in [2.24, 2.45) is 0 Å². The van der Waals surface area contributed by atoms with Crippen molar-refractivity contribution in [3.8, 4) is 50.2 Å². The molecular formula is C57H42N2. The van der Waals surface area contributed by atoms with E-state index >= 15 is 0 Å². The highest BCUT2D eigenvalue weighted by molar-refractivity contribution is 6.10. The van der Waals surface area contributed by atoms with Gasteiger partial charge < -0.3 is 9.47 Å². The van der Waals surface area contributed by atoms with E-state index in [4.69, 9.17) is 0 Å². The number of hydrogen-bond donors (Lipinski definition) is 0. The van der Waals surface area contributed by atoms with Crippen LogP contribution in [0.2, 0.25) is 0 Å². The highest BCUT2D eigenvalue weighted by atomic mass is 15.1. The quantitative estimate of drug-likeness (QED) is 0.157. The van der Waals surface area contributed by atoms with Crippen molar-refractivity contribution in [3.63, 3.8) is 0 Å². The van der Waals surface area contributed by atoms with Crippen LogP contribution in [0.25, 0.3) is 72.0 Å². The number of rotatable bonds is 7. The van der Waals surface area contributed by atoms with Gasteiger partial charge in [0.15, 0.2) is 0 Å². The average molecular weight is 755 g/mol. The molecule has 1 aliphatic carbocycles. The maximum Gasteiger partial charge on any atom is 0.0543 e. The Kier molecular flexibility index (Phi) is 8.20. The van der Waals surface area contributed by atoms with Crippen LogP contribution in [-0.2, 0) is 5.41 Å². The smallest absolute Gasteiger partial charge is 0.0543 e. The standard InChI is InChI=1S/C57H42N2/c1-57(2)51-23-11-9-22-49(51)56-52(57)24-14-26-55(56)58(46-32-27-40(28-33-46)43-18-13-17-42(37-43)39-15-5-3-6-16-39)47-34-29-41(30-35-47)44-31-36-54-50(38-44)48-21-10-12-25-53(48)59(54)45-19-7-4-8-20-45/h3-38H,1-2H3. The van der Waals surface area contributed by atoms with Gasteiger partial charge in [0.1, 0.15) is 0 Å². The van der Waals surface area contributed by atoms with E-state index < -0.39 is 0 Å². The molecule has 1 heterocycles. The molecule has 0 saturated heterocycles. The maximum absolute atomic E-state index is 2.45. The first-order valence-electron chi connectivity index (χ1n) is 20.5. The molecule has 0 fully saturated rings. The second kappa shape index (κ2) is 13.9. The lowest BCUT2D eigenvalue weighted by atomic mass is 9.82. The van der Waals surface area contributed by atoms with Gasteiger partial charge in [0.25, 0.3) is 0 Å². The van der Waals surface area contributed by atoms with Crippen LogP contribution in [-0.4, -0.2) is 4.57 Å². The third kappa shape index (κ3) is 5.79. The summed E-state index contributed by atoms with van der Waals surface area (Å²) in [5.74, 6) is 0. The molecule has 0 unspecified atom stereocenters. The zero-order valence-corrected chi connectivity index (χ0v) is 33.2. The Morgan fingerprint density at radius 1 is 0.373 bits per heavy atom. The van der Waals surface area contributed by atoms with Crippen molar-refractivity contribution in [2.45, 2.75) is 19.3 Å². The lowest BCUT2D eigenvalue weighted by Gasteiger charge is -2.29. The van der Waals surface area contributed by atoms with Gasteiger partial charge in [-0.1, -0.05) is 166 Å². The van der Waals surface area contributed by atoms with Crippen LogP contribution in [0.4, 0.5) is 17.1 Å². The van der Waals surface area contributed by atoms with E-state index in [9.17, 15) is 0 Å². The molecule has 0 N–H and O–H groups in total. The number of nitrogens with zero attached hydrogens (tertiary/aromatic N) is 2. The third-order valence-electron chi connectivity index (χ3n) is 12.4. The zero-order valence-electron chi connectivity index (χ0n) is 33.2. The second-order valence-corrected chi connectivity index (χ2v) is 16.2. The van der Waals surface area contributed by atoms with Crippen LogP contribution < -0.4 is 4.90 Å². The molecule has 1 aromatic heterocycles. The molecule has 9 aromatic carbocycles. The Bertz CT molecular complexity index is 3150. The number of anilines is 3. The predicted octanol–water partition coefficient (Wildman–Crippen LogP) is 15.6. The zero-order chi connectivity index (χ0) is 39.5. The number of hydrogen-bond acceptors (Lipinski definition) is 1. The van der Waals surface area contributed by atoms with Gasteiger partial charge in [-0.05, 0) is 117 Å². The topological polar surface area (TPSA) is 8.17 Å². The minimum absolute atomic E-state index is 0.104. The molecule has 1 aliphatic rings. The van der Waals surface area contributed by atoms with Crippen LogP contribution in [0, 0.1) is 0 Å². The third-order valence-corrected chi connectivity index (χ3v) is 12.4. The summed E-state index contributed by atoms with van der Waals surface area (Å²) in [5, 5.41) is 2.51. The van der Waals surface area contributed by atoms with Crippen molar-refractivity contribution >= 4 is 38.9 Å². The van der Waals surface area contributed by atoms with Crippen molar-refractivity contribution in [2.75, 3.05) is 4.90 Å². The van der Waals surface area contributed by atoms with E-state index in [0.717, 1.165) is 11.4 Å². The summed E-state index contributed by atoms with van der Waals surface area (Å²) in [6.07, 6.45) is 0. The Labute approximate surface area is 345 Å². The summed E-state index contributed by atoms with van der Waals surface area (Å²) < 4.78 is 2.37. The van der Waals surface area contributed by atoms with E-state index in [2.05, 4.69) is 242 Å². The van der Waals surface area contributed by atoms with Crippen molar-refractivity contribution in [1.29, 1.82) is 0 Å². The first-order chi connectivity index (χ1) is 29.0. The molecule has 280 valence electrons. The fourth-order valence-electron chi connectivity index (χ4n) is 9.47. The fraction of sp³-hybridized carbons (Fsp3) is 0.0526. The van der Waals surface area contributed by atoms with Crippen LogP contribution in [0.1, 0.15) is 25.0 Å². The molecule has 2 heteroatoms. The minimum Gasteiger partial charge on any atom is -0.310 e. The first-order valence-corrected chi connectivity index (χ1v) is 20.5. The lowest BCUT2D eigenvalue weighted by molar-refractivity contribution is 0.660. The highest BCUT2D eigenvalue weighted by Gasteiger charge is 2.37. The van der Waals surface area contributed by atoms with Gasteiger partial charge in [0.05, 0.1) is 16.7 Å². The summed E-state index contributed by atoms with van der Waals surface area (Å²) in [4.78, 5) is 2.45. The van der Waals surface area contributed by atoms with E-state index in [0.29, 0.717) is 0 Å². The maximum atomic E-state index is 2.45. The van der Waals surface area contributed by atoms with Crippen molar-refractivity contribution < 1.29 is 0 Å². The van der Waals surface area contributed by atoms with Crippen LogP contribution in [0.5, 0.6) is 0 Å². The average Bonchev–Trinajstić information content (AvgIpc) is 3.76. The van der Waals surface area contributed by atoms with Crippen LogP contribution >= 0.6 is 0 Å². The molecule has 0 bridgehead atoms. The Morgan fingerprint density at radius 2 is 0.881 bits per heavy atom. The molecule has 2 nitrogen and oxygen atoms in total. The van der Waals surface area contributed by atoms with Crippen molar-refractivity contribution in [1.82, 2.24) is 4.57 Å². The van der Waals surface area contributed by atoms with Gasteiger partial charge in [0.2, 0.25) is 0 Å². The summed E-state index contributed by atoms with van der Waals surface area (Å²) in [5.41, 5.74) is 19.5. The minimum atomic E-state index is -0.104. The lowest BCUT2D eigenvalue weighted by Crippen LogP contribution is -2.16. The Morgan fingerprint density at radius 3 is 1.59 bits per heavy atom. The molecule has 11 rings (SSSR count). The molecular weight excluding hydrogens is 713 g/mol. The molecule has 10 aromatic rings. The first kappa shape index (κ1) is 34.8. The molecule has 59 heavy (non-hydrogen) atoms. The largest absolute Gasteiger partial charge is 0.310 e. The van der Waals surface area contributed by atoms with E-state index in [1.165, 1.54) is 88.8 Å². The number of benzene rings is 9. The fourth-order valence-corrected chi connectivity index (χ4v) is 9.47. The molecule has 0 aliphatic heterocycles. The van der Waals surface area contributed by atoms with Crippen LogP contribution in [0.15, 0.2) is 218 Å². The normalized spacial score (nSPS) is 12.7. The number of fused-ring (bicyclic) bond motifs is 6. The Hall–Kier alpha value is -7.42. The van der Waals surface area contributed by atoms with Gasteiger partial charge in [-0.25, -0.2) is 0 Å². The van der Waals surface area contributed by atoms with Gasteiger partial charge in [0, 0.05) is 38.8 Å². The number of aromatic nitrogens is 1. The highest BCUT2D eigenvalue weighted by Crippen LogP contribution is 2.54. The molecule has 0 radical (unpaired) electrons. The Balaban J connectivity index is 1.02. The van der Waals surface area contributed by atoms with Gasteiger partial charge in [-0.15, -0.1) is 0 Å². The SMILES string of the molecule is CC1(C)c2ccccc2-c2c(N(c3ccc(-c4cccc(-c5ccccc5)c4)cc3)c3ccc(-c4ccc5c(c4)c4ccccc4n5-c4ccccc4)cc3)cccc21. The van der Waals surface area contributed by atoms with Crippen LogP contribution in [0.3, 0.4) is 0 Å². The summed E-state index contributed by atoms with van der Waals surface area (Å²) >= 11 is 0. The summed E-state index contributed by atoms with van der Waals surface area (Å²) in [6, 6.07) is 79.8. The molecule has 0 amide bonds. The van der Waals surface area contributed by atoms with Gasteiger partial charge >= 0.3 is 0 Å². The van der Waals surface area contributed by atoms with Gasteiger partial charge in [-0.2, -0.15) is 0 Å². The summed E-state index contributed by atoms with van der Waals surface area (Å²) in [6.45, 7) is 4.71. The van der Waals surface area contributed by atoms with Crippen molar-refractivity contribution in [3.05, 3.63) is 230 Å². The summed E-state index contributed by atoms with van der Waals surface area (Å²) in [7, 11) is 0. The van der Waals surface area contributed by atoms with E-state index in [1.807, 2.05) is 0 Å². The second-order valence-electron chi connectivity index (χ2n) is 16.2. The monoisotopic (exact) mass is 754 g/mol. The molecule has 0 spiro atoms. The van der Waals surface area contributed by atoms with E-state index in [-0.39, 0.29) is 5.41 Å². The predicted molar refractivity (Wildman–Crippen MR) is 249 cm³/mol. The molecule has 0 atom stereocenters.